The summed E-state index contributed by atoms with van der Waals surface area (Å²) in [5.41, 5.74) is 2.12. The van der Waals surface area contributed by atoms with Gasteiger partial charge in [0.05, 0.1) is 11.3 Å². The second kappa shape index (κ2) is 4.86. The Labute approximate surface area is 105 Å². The number of halogens is 1. The molecule has 1 heterocycles. The van der Waals surface area contributed by atoms with Crippen LogP contribution in [0.2, 0.25) is 5.02 Å². The van der Waals surface area contributed by atoms with Crippen LogP contribution in [0.25, 0.3) is 11.3 Å². The average Bonchev–Trinajstić information content (AvgIpc) is 2.38. The molecule has 0 bridgehead atoms. The van der Waals surface area contributed by atoms with Crippen molar-refractivity contribution in [2.75, 3.05) is 12.4 Å². The van der Waals surface area contributed by atoms with E-state index in [0.717, 1.165) is 11.3 Å². The molecule has 0 aliphatic rings. The molecule has 0 atom stereocenters. The number of aromatic nitrogens is 1. The smallest absolute Gasteiger partial charge is 0.144 e. The Morgan fingerprint density at radius 2 is 2.00 bits per heavy atom. The number of hydrogen-bond donors (Lipinski definition) is 1. The first-order valence-electron chi connectivity index (χ1n) is 5.10. The van der Waals surface area contributed by atoms with Crippen LogP contribution in [0.4, 0.5) is 5.82 Å². The van der Waals surface area contributed by atoms with Crippen LogP contribution in [0.1, 0.15) is 5.56 Å². The van der Waals surface area contributed by atoms with Crippen molar-refractivity contribution in [3.8, 4) is 17.3 Å². The van der Waals surface area contributed by atoms with Crippen LogP contribution in [0.3, 0.4) is 0 Å². The monoisotopic (exact) mass is 243 g/mol. The lowest BCUT2D eigenvalue weighted by Crippen LogP contribution is -1.97. The molecule has 2 aromatic rings. The highest BCUT2D eigenvalue weighted by atomic mass is 35.5. The first kappa shape index (κ1) is 11.4. The Bertz CT molecular complexity index is 587. The largest absolute Gasteiger partial charge is 0.372 e. The maximum atomic E-state index is 8.91. The van der Waals surface area contributed by atoms with Crippen LogP contribution in [0.5, 0.6) is 0 Å². The molecule has 1 aromatic carbocycles. The van der Waals surface area contributed by atoms with E-state index in [1.54, 1.807) is 19.2 Å². The predicted molar refractivity (Wildman–Crippen MR) is 68.9 cm³/mol. The minimum Gasteiger partial charge on any atom is -0.372 e. The van der Waals surface area contributed by atoms with E-state index in [1.807, 2.05) is 24.3 Å². The zero-order valence-electron chi connectivity index (χ0n) is 9.24. The summed E-state index contributed by atoms with van der Waals surface area (Å²) in [5, 5.41) is 12.5. The number of nitrogens with one attached hydrogen (secondary N) is 1. The zero-order valence-corrected chi connectivity index (χ0v) is 9.99. The number of hydrogen-bond acceptors (Lipinski definition) is 3. The molecule has 1 N–H and O–H groups in total. The maximum Gasteiger partial charge on any atom is 0.144 e. The number of nitriles is 1. The minimum atomic E-state index is 0.517. The third-order valence-corrected chi connectivity index (χ3v) is 2.73. The van der Waals surface area contributed by atoms with Crippen molar-refractivity contribution < 1.29 is 0 Å². The second-order valence-electron chi connectivity index (χ2n) is 3.43. The van der Waals surface area contributed by atoms with Gasteiger partial charge in [-0.2, -0.15) is 5.26 Å². The molecule has 0 radical (unpaired) electrons. The molecule has 17 heavy (non-hydrogen) atoms. The molecular formula is C13H10ClN3. The van der Waals surface area contributed by atoms with Gasteiger partial charge in [0.15, 0.2) is 0 Å². The van der Waals surface area contributed by atoms with Gasteiger partial charge in [-0.15, -0.1) is 0 Å². The summed E-state index contributed by atoms with van der Waals surface area (Å²) in [6.45, 7) is 0. The summed E-state index contributed by atoms with van der Waals surface area (Å²) >= 11 is 6.10. The standard InChI is InChI=1S/C13H10ClN3/c1-16-13-9(8-15)6-7-12(17-13)10-4-2-3-5-11(10)14/h2-7H,1H3,(H,16,17). The van der Waals surface area contributed by atoms with E-state index in [-0.39, 0.29) is 0 Å². The van der Waals surface area contributed by atoms with E-state index < -0.39 is 0 Å². The van der Waals surface area contributed by atoms with E-state index >= 15 is 0 Å². The molecule has 3 nitrogen and oxygen atoms in total. The van der Waals surface area contributed by atoms with Gasteiger partial charge in [0.25, 0.3) is 0 Å². The number of anilines is 1. The van der Waals surface area contributed by atoms with Crippen molar-refractivity contribution in [1.29, 1.82) is 5.26 Å². The molecule has 1 aromatic heterocycles. The van der Waals surface area contributed by atoms with Crippen LogP contribution in [-0.4, -0.2) is 12.0 Å². The van der Waals surface area contributed by atoms with Gasteiger partial charge in [0.1, 0.15) is 11.9 Å². The molecule has 0 saturated heterocycles. The van der Waals surface area contributed by atoms with E-state index in [0.29, 0.717) is 16.4 Å². The molecule has 0 aliphatic heterocycles. The molecule has 84 valence electrons. The lowest BCUT2D eigenvalue weighted by Gasteiger charge is -2.07. The van der Waals surface area contributed by atoms with Crippen molar-refractivity contribution in [2.45, 2.75) is 0 Å². The van der Waals surface area contributed by atoms with Gasteiger partial charge in [0, 0.05) is 17.6 Å². The van der Waals surface area contributed by atoms with Crippen LogP contribution < -0.4 is 5.32 Å². The van der Waals surface area contributed by atoms with E-state index in [1.165, 1.54) is 0 Å². The Hall–Kier alpha value is -2.05. The van der Waals surface area contributed by atoms with Crippen LogP contribution >= 0.6 is 11.6 Å². The highest BCUT2D eigenvalue weighted by Gasteiger charge is 2.07. The highest BCUT2D eigenvalue weighted by Crippen LogP contribution is 2.27. The fourth-order valence-corrected chi connectivity index (χ4v) is 1.79. The molecule has 0 fully saturated rings. The maximum absolute atomic E-state index is 8.91. The predicted octanol–water partition coefficient (Wildman–Crippen LogP) is 3.32. The van der Waals surface area contributed by atoms with Crippen molar-refractivity contribution in [1.82, 2.24) is 4.98 Å². The molecule has 0 unspecified atom stereocenters. The lowest BCUT2D eigenvalue weighted by molar-refractivity contribution is 1.27. The first-order chi connectivity index (χ1) is 8.26. The molecule has 4 heteroatoms. The lowest BCUT2D eigenvalue weighted by atomic mass is 10.1. The van der Waals surface area contributed by atoms with E-state index in [2.05, 4.69) is 16.4 Å². The third kappa shape index (κ3) is 2.22. The van der Waals surface area contributed by atoms with Gasteiger partial charge >= 0.3 is 0 Å². The van der Waals surface area contributed by atoms with E-state index in [9.17, 15) is 0 Å². The number of rotatable bonds is 2. The summed E-state index contributed by atoms with van der Waals surface area (Å²) in [6.07, 6.45) is 0. The Balaban J connectivity index is 2.55. The van der Waals surface area contributed by atoms with Gasteiger partial charge in [-0.05, 0) is 18.2 Å². The molecule has 2 rings (SSSR count). The fourth-order valence-electron chi connectivity index (χ4n) is 1.56. The number of nitrogens with zero attached hydrogens (tertiary/aromatic N) is 2. The quantitative estimate of drug-likeness (QED) is 0.880. The summed E-state index contributed by atoms with van der Waals surface area (Å²) in [7, 11) is 1.74. The SMILES string of the molecule is CNc1nc(-c2ccccc2Cl)ccc1C#N. The van der Waals surface area contributed by atoms with Crippen LogP contribution in [0.15, 0.2) is 36.4 Å². The number of benzene rings is 1. The Kier molecular flexibility index (Phi) is 3.27. The summed E-state index contributed by atoms with van der Waals surface area (Å²) in [5.74, 6) is 0.560. The Morgan fingerprint density at radius 3 is 2.65 bits per heavy atom. The van der Waals surface area contributed by atoms with Crippen molar-refractivity contribution >= 4 is 17.4 Å². The molecular weight excluding hydrogens is 234 g/mol. The van der Waals surface area contributed by atoms with Crippen molar-refractivity contribution in [2.24, 2.45) is 0 Å². The van der Waals surface area contributed by atoms with Gasteiger partial charge in [-0.1, -0.05) is 29.8 Å². The van der Waals surface area contributed by atoms with Crippen molar-refractivity contribution in [3.63, 3.8) is 0 Å². The molecule has 0 amide bonds. The first-order valence-corrected chi connectivity index (χ1v) is 5.48. The molecule has 0 saturated carbocycles. The normalized spacial score (nSPS) is 9.71. The summed E-state index contributed by atoms with van der Waals surface area (Å²) < 4.78 is 0. The average molecular weight is 244 g/mol. The van der Waals surface area contributed by atoms with Crippen LogP contribution in [0, 0.1) is 11.3 Å². The summed E-state index contributed by atoms with van der Waals surface area (Å²) in [6, 6.07) is 13.1. The topological polar surface area (TPSA) is 48.7 Å². The van der Waals surface area contributed by atoms with Crippen molar-refractivity contribution in [3.05, 3.63) is 47.0 Å². The van der Waals surface area contributed by atoms with Crippen LogP contribution in [-0.2, 0) is 0 Å². The zero-order chi connectivity index (χ0) is 12.3. The fraction of sp³-hybridized carbons (Fsp3) is 0.0769. The number of pyridine rings is 1. The van der Waals surface area contributed by atoms with Gasteiger partial charge in [-0.25, -0.2) is 4.98 Å². The second-order valence-corrected chi connectivity index (χ2v) is 3.84. The van der Waals surface area contributed by atoms with Gasteiger partial charge in [-0.3, -0.25) is 0 Å². The molecule has 0 aliphatic carbocycles. The highest BCUT2D eigenvalue weighted by molar-refractivity contribution is 6.33. The third-order valence-electron chi connectivity index (χ3n) is 2.40. The van der Waals surface area contributed by atoms with Gasteiger partial charge in [0.2, 0.25) is 0 Å². The summed E-state index contributed by atoms with van der Waals surface area (Å²) in [4.78, 5) is 4.38. The molecule has 0 spiro atoms. The van der Waals surface area contributed by atoms with Gasteiger partial charge < -0.3 is 5.32 Å². The minimum absolute atomic E-state index is 0.517. The Morgan fingerprint density at radius 1 is 1.24 bits per heavy atom. The van der Waals surface area contributed by atoms with E-state index in [4.69, 9.17) is 16.9 Å².